The Hall–Kier alpha value is -2.44. The van der Waals surface area contributed by atoms with Gasteiger partial charge in [0.15, 0.2) is 0 Å². The molecule has 0 spiro atoms. The number of hydrogen-bond donors (Lipinski definition) is 2. The van der Waals surface area contributed by atoms with Crippen LogP contribution < -0.4 is 10.6 Å². The second kappa shape index (κ2) is 7.21. The molecule has 1 aromatic carbocycles. The fourth-order valence-electron chi connectivity index (χ4n) is 2.24. The molecule has 0 aliphatic carbocycles. The lowest BCUT2D eigenvalue weighted by Gasteiger charge is -2.16. The van der Waals surface area contributed by atoms with Crippen molar-refractivity contribution in [3.63, 3.8) is 0 Å². The van der Waals surface area contributed by atoms with Crippen LogP contribution in [0.4, 0.5) is 20.2 Å². The second-order valence-electron chi connectivity index (χ2n) is 5.46. The van der Waals surface area contributed by atoms with Crippen molar-refractivity contribution in [2.24, 2.45) is 0 Å². The molecule has 0 fully saturated rings. The van der Waals surface area contributed by atoms with Crippen LogP contribution in [0.3, 0.4) is 0 Å². The van der Waals surface area contributed by atoms with Gasteiger partial charge in [0.25, 0.3) is 6.43 Å². The van der Waals surface area contributed by atoms with E-state index in [4.69, 9.17) is 0 Å². The Balaban J connectivity index is 1.99. The van der Waals surface area contributed by atoms with Gasteiger partial charge in [0.2, 0.25) is 5.91 Å². The first-order chi connectivity index (χ1) is 10.9. The number of aromatic nitrogens is 2. The number of halogens is 2. The van der Waals surface area contributed by atoms with E-state index >= 15 is 0 Å². The summed E-state index contributed by atoms with van der Waals surface area (Å²) in [6, 6.07) is 5.25. The van der Waals surface area contributed by atoms with Gasteiger partial charge in [-0.25, -0.2) is 8.78 Å². The lowest BCUT2D eigenvalue weighted by atomic mass is 10.1. The molecule has 0 saturated heterocycles. The highest BCUT2D eigenvalue weighted by molar-refractivity contribution is 5.97. The number of carbonyl (C=O) groups excluding carboxylic acids is 1. The first-order valence-corrected chi connectivity index (χ1v) is 7.31. The maximum absolute atomic E-state index is 12.3. The van der Waals surface area contributed by atoms with Crippen molar-refractivity contribution >= 4 is 17.3 Å². The number of benzene rings is 1. The molecule has 0 saturated carbocycles. The largest absolute Gasteiger partial charge is 0.371 e. The number of aryl methyl sites for hydroxylation is 2. The summed E-state index contributed by atoms with van der Waals surface area (Å²) in [5.41, 5.74) is 3.28. The van der Waals surface area contributed by atoms with Crippen LogP contribution in [0, 0.1) is 13.8 Å². The molecule has 0 radical (unpaired) electrons. The molecule has 2 N–H and O–H groups in total. The molecule has 1 amide bonds. The summed E-state index contributed by atoms with van der Waals surface area (Å²) in [6.07, 6.45) is 0.410. The van der Waals surface area contributed by atoms with Gasteiger partial charge in [-0.3, -0.25) is 9.48 Å². The minimum atomic E-state index is -2.47. The zero-order chi connectivity index (χ0) is 17.0. The van der Waals surface area contributed by atoms with Crippen LogP contribution in [0.2, 0.25) is 0 Å². The number of hydrogen-bond acceptors (Lipinski definition) is 3. The predicted octanol–water partition coefficient (Wildman–Crippen LogP) is 3.20. The first-order valence-electron chi connectivity index (χ1n) is 7.31. The smallest absolute Gasteiger partial charge is 0.257 e. The summed E-state index contributed by atoms with van der Waals surface area (Å²) in [6.45, 7) is 5.09. The molecule has 124 valence electrons. The molecule has 5 nitrogen and oxygen atoms in total. The summed E-state index contributed by atoms with van der Waals surface area (Å²) in [7, 11) is 0. The number of para-hydroxylation sites is 1. The van der Waals surface area contributed by atoms with Gasteiger partial charge in [0.05, 0.1) is 11.9 Å². The summed E-state index contributed by atoms with van der Waals surface area (Å²) >= 11 is 0. The van der Waals surface area contributed by atoms with E-state index in [-0.39, 0.29) is 5.91 Å². The van der Waals surface area contributed by atoms with Crippen molar-refractivity contribution in [3.05, 3.63) is 41.7 Å². The van der Waals surface area contributed by atoms with Crippen molar-refractivity contribution in [3.8, 4) is 0 Å². The molecule has 1 aromatic heterocycles. The Morgan fingerprint density at radius 2 is 1.96 bits per heavy atom. The number of anilines is 2. The van der Waals surface area contributed by atoms with Crippen molar-refractivity contribution < 1.29 is 13.6 Å². The van der Waals surface area contributed by atoms with Crippen LogP contribution >= 0.6 is 0 Å². The molecule has 0 unspecified atom stereocenters. The maximum Gasteiger partial charge on any atom is 0.257 e. The summed E-state index contributed by atoms with van der Waals surface area (Å²) < 4.78 is 25.7. The molecule has 7 heteroatoms. The standard InChI is InChI=1S/C16H20F2N4O/c1-10-5-4-6-11(2)15(10)21-16(23)12(3)20-13-7-19-22(8-13)9-14(17)18/h4-8,12,14,20H,9H2,1-3H3,(H,21,23)/t12-/m0/s1. The third-order valence-electron chi connectivity index (χ3n) is 3.46. The molecular formula is C16H20F2N4O. The quantitative estimate of drug-likeness (QED) is 0.858. The van der Waals surface area contributed by atoms with E-state index in [9.17, 15) is 13.6 Å². The predicted molar refractivity (Wildman–Crippen MR) is 85.9 cm³/mol. The summed E-state index contributed by atoms with van der Waals surface area (Å²) in [5, 5.41) is 9.67. The van der Waals surface area contributed by atoms with E-state index < -0.39 is 19.0 Å². The molecule has 0 bridgehead atoms. The third kappa shape index (κ3) is 4.51. The summed E-state index contributed by atoms with van der Waals surface area (Å²) in [4.78, 5) is 12.3. The maximum atomic E-state index is 12.3. The van der Waals surface area contributed by atoms with Crippen molar-refractivity contribution in [1.29, 1.82) is 0 Å². The molecule has 0 aliphatic rings. The Morgan fingerprint density at radius 1 is 1.30 bits per heavy atom. The molecule has 0 aliphatic heterocycles. The Bertz CT molecular complexity index is 664. The van der Waals surface area contributed by atoms with Gasteiger partial charge in [0.1, 0.15) is 12.6 Å². The lowest BCUT2D eigenvalue weighted by Crippen LogP contribution is -2.32. The molecule has 1 atom stereocenters. The Morgan fingerprint density at radius 3 is 2.57 bits per heavy atom. The number of rotatable bonds is 6. The minimum Gasteiger partial charge on any atom is -0.371 e. The van der Waals surface area contributed by atoms with Crippen LogP contribution in [0.5, 0.6) is 0 Å². The van der Waals surface area contributed by atoms with Gasteiger partial charge in [0, 0.05) is 11.9 Å². The average Bonchev–Trinajstić information content (AvgIpc) is 2.89. The van der Waals surface area contributed by atoms with Crippen molar-refractivity contribution in [2.45, 2.75) is 39.8 Å². The number of amides is 1. The number of alkyl halides is 2. The SMILES string of the molecule is Cc1cccc(C)c1NC(=O)[C@H](C)Nc1cnn(CC(F)F)c1. The zero-order valence-electron chi connectivity index (χ0n) is 13.3. The summed E-state index contributed by atoms with van der Waals surface area (Å²) in [5.74, 6) is -0.205. The highest BCUT2D eigenvalue weighted by Crippen LogP contribution is 2.20. The second-order valence-corrected chi connectivity index (χ2v) is 5.46. The normalized spacial score (nSPS) is 12.3. The van der Waals surface area contributed by atoms with Gasteiger partial charge < -0.3 is 10.6 Å². The van der Waals surface area contributed by atoms with Crippen LogP contribution in [-0.4, -0.2) is 28.2 Å². The van der Waals surface area contributed by atoms with E-state index in [2.05, 4.69) is 15.7 Å². The highest BCUT2D eigenvalue weighted by Gasteiger charge is 2.16. The van der Waals surface area contributed by atoms with E-state index in [0.29, 0.717) is 5.69 Å². The lowest BCUT2D eigenvalue weighted by molar-refractivity contribution is -0.116. The zero-order valence-corrected chi connectivity index (χ0v) is 13.3. The topological polar surface area (TPSA) is 59.0 Å². The number of carbonyl (C=O) groups is 1. The molecule has 2 aromatic rings. The van der Waals surface area contributed by atoms with Crippen LogP contribution in [0.15, 0.2) is 30.6 Å². The van der Waals surface area contributed by atoms with E-state index in [1.807, 2.05) is 32.0 Å². The minimum absolute atomic E-state index is 0.205. The molecular weight excluding hydrogens is 302 g/mol. The highest BCUT2D eigenvalue weighted by atomic mass is 19.3. The fourth-order valence-corrected chi connectivity index (χ4v) is 2.24. The van der Waals surface area contributed by atoms with Crippen molar-refractivity contribution in [2.75, 3.05) is 10.6 Å². The Kier molecular flexibility index (Phi) is 5.31. The van der Waals surface area contributed by atoms with Crippen LogP contribution in [0.1, 0.15) is 18.1 Å². The van der Waals surface area contributed by atoms with Gasteiger partial charge in [-0.05, 0) is 31.9 Å². The van der Waals surface area contributed by atoms with E-state index in [0.717, 1.165) is 21.5 Å². The van der Waals surface area contributed by atoms with E-state index in [1.165, 1.54) is 12.4 Å². The third-order valence-corrected chi connectivity index (χ3v) is 3.46. The molecule has 1 heterocycles. The first kappa shape index (κ1) is 16.9. The van der Waals surface area contributed by atoms with Crippen molar-refractivity contribution in [1.82, 2.24) is 9.78 Å². The van der Waals surface area contributed by atoms with Gasteiger partial charge >= 0.3 is 0 Å². The van der Waals surface area contributed by atoms with Crippen LogP contribution in [0.25, 0.3) is 0 Å². The van der Waals surface area contributed by atoms with Gasteiger partial charge in [-0.15, -0.1) is 0 Å². The number of nitrogens with one attached hydrogen (secondary N) is 2. The molecule has 2 rings (SSSR count). The molecule has 23 heavy (non-hydrogen) atoms. The fraction of sp³-hybridized carbons (Fsp3) is 0.375. The van der Waals surface area contributed by atoms with Gasteiger partial charge in [-0.1, -0.05) is 18.2 Å². The monoisotopic (exact) mass is 322 g/mol. The Labute approximate surface area is 133 Å². The van der Waals surface area contributed by atoms with Crippen LogP contribution in [-0.2, 0) is 11.3 Å². The number of nitrogens with zero attached hydrogens (tertiary/aromatic N) is 2. The van der Waals surface area contributed by atoms with E-state index in [1.54, 1.807) is 6.92 Å². The average molecular weight is 322 g/mol. The van der Waals surface area contributed by atoms with Gasteiger partial charge in [-0.2, -0.15) is 5.10 Å².